The van der Waals surface area contributed by atoms with Crippen molar-refractivity contribution in [2.24, 2.45) is 0 Å². The zero-order valence-corrected chi connectivity index (χ0v) is 17.2. The van der Waals surface area contributed by atoms with Gasteiger partial charge in [0.05, 0.1) is 24.4 Å². The molecule has 0 saturated carbocycles. The number of carbonyl (C=O) groups excluding carboxylic acids is 2. The summed E-state index contributed by atoms with van der Waals surface area (Å²) in [5.41, 5.74) is 5.56. The topological polar surface area (TPSA) is 73.2 Å². The highest BCUT2D eigenvalue weighted by Crippen LogP contribution is 2.19. The second kappa shape index (κ2) is 8.73. The fraction of sp³-hybridized carbons (Fsp3) is 0.261. The van der Waals surface area contributed by atoms with Gasteiger partial charge in [-0.2, -0.15) is 5.10 Å². The molecule has 6 nitrogen and oxygen atoms in total. The molecule has 0 spiro atoms. The van der Waals surface area contributed by atoms with Crippen LogP contribution in [-0.4, -0.2) is 28.3 Å². The predicted molar refractivity (Wildman–Crippen MR) is 112 cm³/mol. The van der Waals surface area contributed by atoms with Gasteiger partial charge in [-0.1, -0.05) is 18.2 Å². The number of benzene rings is 2. The van der Waals surface area contributed by atoms with Crippen LogP contribution in [0.1, 0.15) is 50.2 Å². The van der Waals surface area contributed by atoms with Crippen molar-refractivity contribution in [2.45, 2.75) is 34.2 Å². The van der Waals surface area contributed by atoms with Crippen LogP contribution in [0.5, 0.6) is 0 Å². The van der Waals surface area contributed by atoms with Crippen LogP contribution in [0.2, 0.25) is 0 Å². The average Bonchev–Trinajstić information content (AvgIpc) is 3.01. The zero-order valence-electron chi connectivity index (χ0n) is 17.2. The van der Waals surface area contributed by atoms with Crippen LogP contribution < -0.4 is 5.32 Å². The van der Waals surface area contributed by atoms with E-state index in [0.717, 1.165) is 22.5 Å². The number of aromatic nitrogens is 2. The number of anilines is 1. The van der Waals surface area contributed by atoms with Gasteiger partial charge in [-0.3, -0.25) is 9.48 Å². The van der Waals surface area contributed by atoms with Crippen molar-refractivity contribution in [1.29, 1.82) is 0 Å². The summed E-state index contributed by atoms with van der Waals surface area (Å²) in [6, 6.07) is 14.6. The Morgan fingerprint density at radius 3 is 2.31 bits per heavy atom. The minimum absolute atomic E-state index is 0.230. The third kappa shape index (κ3) is 4.90. The summed E-state index contributed by atoms with van der Waals surface area (Å²) in [6.07, 6.45) is 0. The summed E-state index contributed by atoms with van der Waals surface area (Å²) in [5, 5.41) is 7.34. The van der Waals surface area contributed by atoms with Crippen LogP contribution in [0.3, 0.4) is 0 Å². The summed E-state index contributed by atoms with van der Waals surface area (Å²) in [6.45, 7) is 8.58. The molecule has 29 heavy (non-hydrogen) atoms. The quantitative estimate of drug-likeness (QED) is 0.637. The number of amides is 1. The van der Waals surface area contributed by atoms with Crippen molar-refractivity contribution in [3.05, 3.63) is 82.2 Å². The van der Waals surface area contributed by atoms with Crippen molar-refractivity contribution in [3.8, 4) is 0 Å². The second-order valence-corrected chi connectivity index (χ2v) is 6.99. The Morgan fingerprint density at radius 1 is 1.00 bits per heavy atom. The lowest BCUT2D eigenvalue weighted by Crippen LogP contribution is -2.14. The molecule has 0 unspecified atom stereocenters. The highest BCUT2D eigenvalue weighted by molar-refractivity contribution is 6.05. The molecule has 0 atom stereocenters. The van der Waals surface area contributed by atoms with Gasteiger partial charge in [-0.15, -0.1) is 0 Å². The van der Waals surface area contributed by atoms with Gasteiger partial charge in [0, 0.05) is 16.9 Å². The molecule has 1 N–H and O–H groups in total. The van der Waals surface area contributed by atoms with E-state index in [9.17, 15) is 9.59 Å². The predicted octanol–water partition coefficient (Wildman–Crippen LogP) is 4.29. The molecule has 0 aliphatic carbocycles. The molecule has 0 bridgehead atoms. The molecule has 0 aliphatic heterocycles. The molecular formula is C23H25N3O3. The third-order valence-electron chi connectivity index (χ3n) is 4.65. The van der Waals surface area contributed by atoms with Crippen molar-refractivity contribution in [2.75, 3.05) is 11.9 Å². The largest absolute Gasteiger partial charge is 0.462 e. The summed E-state index contributed by atoms with van der Waals surface area (Å²) >= 11 is 0. The summed E-state index contributed by atoms with van der Waals surface area (Å²) < 4.78 is 6.96. The van der Waals surface area contributed by atoms with Crippen LogP contribution in [0.25, 0.3) is 0 Å². The fourth-order valence-corrected chi connectivity index (χ4v) is 3.06. The van der Waals surface area contributed by atoms with E-state index < -0.39 is 5.97 Å². The van der Waals surface area contributed by atoms with E-state index in [4.69, 9.17) is 4.74 Å². The molecule has 0 radical (unpaired) electrons. The minimum atomic E-state index is -0.406. The Hall–Kier alpha value is -3.41. The first-order valence-electron chi connectivity index (χ1n) is 9.56. The number of aryl methyl sites for hydroxylation is 3. The van der Waals surface area contributed by atoms with Crippen LogP contribution in [0, 0.1) is 20.8 Å². The molecule has 3 rings (SSSR count). The molecule has 2 aromatic carbocycles. The summed E-state index contributed by atoms with van der Waals surface area (Å²) in [5.74, 6) is -0.636. The van der Waals surface area contributed by atoms with Crippen LogP contribution in [-0.2, 0) is 11.3 Å². The summed E-state index contributed by atoms with van der Waals surface area (Å²) in [7, 11) is 0. The number of nitrogens with one attached hydrogen (secondary N) is 1. The van der Waals surface area contributed by atoms with Crippen LogP contribution >= 0.6 is 0 Å². The van der Waals surface area contributed by atoms with Crippen molar-refractivity contribution >= 4 is 17.6 Å². The minimum Gasteiger partial charge on any atom is -0.462 e. The van der Waals surface area contributed by atoms with Gasteiger partial charge < -0.3 is 10.1 Å². The number of hydrogen-bond donors (Lipinski definition) is 1. The Bertz CT molecular complexity index is 1040. The third-order valence-corrected chi connectivity index (χ3v) is 4.65. The normalized spacial score (nSPS) is 10.6. The van der Waals surface area contributed by atoms with E-state index in [1.165, 1.54) is 0 Å². The van der Waals surface area contributed by atoms with Gasteiger partial charge in [0.2, 0.25) is 0 Å². The van der Waals surface area contributed by atoms with Gasteiger partial charge in [-0.25, -0.2) is 4.79 Å². The Labute approximate surface area is 170 Å². The molecule has 6 heteroatoms. The number of ether oxygens (including phenoxy) is 1. The van der Waals surface area contributed by atoms with E-state index >= 15 is 0 Å². The second-order valence-electron chi connectivity index (χ2n) is 6.99. The van der Waals surface area contributed by atoms with Crippen molar-refractivity contribution in [1.82, 2.24) is 9.78 Å². The van der Waals surface area contributed by atoms with Gasteiger partial charge >= 0.3 is 5.97 Å². The smallest absolute Gasteiger partial charge is 0.338 e. The lowest BCUT2D eigenvalue weighted by molar-refractivity contribution is 0.0526. The van der Waals surface area contributed by atoms with Gasteiger partial charge in [0.1, 0.15) is 0 Å². The first-order chi connectivity index (χ1) is 13.9. The first kappa shape index (κ1) is 20.3. The zero-order chi connectivity index (χ0) is 21.0. The van der Waals surface area contributed by atoms with E-state index in [2.05, 4.69) is 10.4 Å². The standard InChI is InChI=1S/C23H25N3O3/c1-5-29-23(28)20-9-6-15(2)21(13-20)24-22(27)19-10-7-18(8-11-19)14-26-17(4)12-16(3)25-26/h6-13H,5,14H2,1-4H3,(H,24,27). The van der Waals surface area contributed by atoms with Gasteiger partial charge in [0.25, 0.3) is 5.91 Å². The number of hydrogen-bond acceptors (Lipinski definition) is 4. The van der Waals surface area contributed by atoms with Gasteiger partial charge in [-0.05, 0) is 69.2 Å². The number of rotatable bonds is 6. The maximum Gasteiger partial charge on any atom is 0.338 e. The Balaban J connectivity index is 1.72. The Morgan fingerprint density at radius 2 is 1.69 bits per heavy atom. The maximum atomic E-state index is 12.7. The molecular weight excluding hydrogens is 366 g/mol. The molecule has 0 fully saturated rings. The van der Waals surface area contributed by atoms with Crippen molar-refractivity contribution in [3.63, 3.8) is 0 Å². The molecule has 1 aromatic heterocycles. The van der Waals surface area contributed by atoms with Crippen LogP contribution in [0.4, 0.5) is 5.69 Å². The molecule has 1 amide bonds. The first-order valence-corrected chi connectivity index (χ1v) is 9.56. The fourth-order valence-electron chi connectivity index (χ4n) is 3.06. The van der Waals surface area contributed by atoms with Crippen LogP contribution in [0.15, 0.2) is 48.5 Å². The number of esters is 1. The van der Waals surface area contributed by atoms with E-state index in [-0.39, 0.29) is 5.91 Å². The summed E-state index contributed by atoms with van der Waals surface area (Å²) in [4.78, 5) is 24.6. The number of nitrogens with zero attached hydrogens (tertiary/aromatic N) is 2. The molecule has 3 aromatic rings. The monoisotopic (exact) mass is 391 g/mol. The molecule has 0 aliphatic rings. The average molecular weight is 391 g/mol. The van der Waals surface area contributed by atoms with Gasteiger partial charge in [0.15, 0.2) is 0 Å². The van der Waals surface area contributed by atoms with E-state index in [0.29, 0.717) is 30.0 Å². The SMILES string of the molecule is CCOC(=O)c1ccc(C)c(NC(=O)c2ccc(Cn3nc(C)cc3C)cc2)c1. The van der Waals surface area contributed by atoms with Crippen molar-refractivity contribution < 1.29 is 14.3 Å². The maximum absolute atomic E-state index is 12.7. The molecule has 0 saturated heterocycles. The Kier molecular flexibility index (Phi) is 6.12. The lowest BCUT2D eigenvalue weighted by atomic mass is 10.1. The van der Waals surface area contributed by atoms with E-state index in [1.54, 1.807) is 37.3 Å². The number of carbonyl (C=O) groups is 2. The molecule has 1 heterocycles. The van der Waals surface area contributed by atoms with E-state index in [1.807, 2.05) is 43.7 Å². The highest BCUT2D eigenvalue weighted by Gasteiger charge is 2.12. The highest BCUT2D eigenvalue weighted by atomic mass is 16.5. The molecule has 150 valence electrons. The lowest BCUT2D eigenvalue weighted by Gasteiger charge is -2.11.